The van der Waals surface area contributed by atoms with Crippen LogP contribution in [0.4, 0.5) is 21.5 Å². The first-order chi connectivity index (χ1) is 14.4. The van der Waals surface area contributed by atoms with Gasteiger partial charge in [0.2, 0.25) is 0 Å². The summed E-state index contributed by atoms with van der Waals surface area (Å²) in [5, 5.41) is 14.5. The van der Waals surface area contributed by atoms with Gasteiger partial charge in [-0.05, 0) is 30.7 Å². The molecule has 164 valence electrons. The molecule has 1 heterocycles. The highest BCUT2D eigenvalue weighted by Gasteiger charge is 2.28. The molecular weight excluding hydrogens is 411 g/mol. The summed E-state index contributed by atoms with van der Waals surface area (Å²) < 4.78 is 37.4. The average molecular weight is 439 g/mol. The third-order valence-corrected chi connectivity index (χ3v) is 5.05. The van der Waals surface area contributed by atoms with Crippen LogP contribution >= 0.6 is 0 Å². The SMILES string of the molecule is CC.COc1c2c(cc(Nc3ccc(C)cc3F)c1NS(=O)NCCO)C(=O)NC2. The Morgan fingerprint density at radius 2 is 2.00 bits per heavy atom. The molecule has 8 nitrogen and oxygen atoms in total. The molecule has 1 amide bonds. The van der Waals surface area contributed by atoms with Gasteiger partial charge in [-0.15, -0.1) is 0 Å². The number of nitrogens with one attached hydrogen (secondary N) is 4. The number of aryl methyl sites for hydroxylation is 1. The van der Waals surface area contributed by atoms with E-state index in [-0.39, 0.29) is 31.3 Å². The van der Waals surface area contributed by atoms with E-state index in [0.29, 0.717) is 28.3 Å². The number of benzene rings is 2. The lowest BCUT2D eigenvalue weighted by atomic mass is 10.1. The predicted molar refractivity (Wildman–Crippen MR) is 117 cm³/mol. The van der Waals surface area contributed by atoms with Gasteiger partial charge in [0.15, 0.2) is 16.9 Å². The molecule has 1 unspecified atom stereocenters. The summed E-state index contributed by atoms with van der Waals surface area (Å²) in [5.74, 6) is -0.411. The summed E-state index contributed by atoms with van der Waals surface area (Å²) in [4.78, 5) is 12.1. The number of fused-ring (bicyclic) bond motifs is 1. The van der Waals surface area contributed by atoms with Crippen molar-refractivity contribution in [1.82, 2.24) is 10.0 Å². The van der Waals surface area contributed by atoms with Gasteiger partial charge >= 0.3 is 0 Å². The monoisotopic (exact) mass is 438 g/mol. The summed E-state index contributed by atoms with van der Waals surface area (Å²) in [7, 11) is 1.43. The van der Waals surface area contributed by atoms with Crippen molar-refractivity contribution >= 4 is 34.1 Å². The second-order valence-corrected chi connectivity index (χ2v) is 7.17. The number of ether oxygens (including phenoxy) is 1. The van der Waals surface area contributed by atoms with Crippen LogP contribution in [0.25, 0.3) is 0 Å². The fourth-order valence-corrected chi connectivity index (χ4v) is 3.64. The van der Waals surface area contributed by atoms with E-state index in [9.17, 15) is 13.4 Å². The standard InChI is InChI=1S/C18H21FN4O4S.C2H6/c1-10-3-4-14(13(19)7-10)22-15-8-11-12(9-20-18(11)25)17(27-2)16(15)23-28(26)21-5-6-24;1-2/h3-4,7-8,21-24H,5-6,9H2,1-2H3,(H,20,25);1-2H3. The van der Waals surface area contributed by atoms with Gasteiger partial charge in [0, 0.05) is 18.7 Å². The maximum Gasteiger partial charge on any atom is 0.252 e. The summed E-state index contributed by atoms with van der Waals surface area (Å²) in [5.41, 5.74) is 2.61. The minimum atomic E-state index is -1.74. The van der Waals surface area contributed by atoms with E-state index in [1.165, 1.54) is 13.2 Å². The van der Waals surface area contributed by atoms with Crippen LogP contribution in [0.5, 0.6) is 5.75 Å². The molecule has 1 atom stereocenters. The average Bonchev–Trinajstić information content (AvgIpc) is 3.10. The molecule has 0 fully saturated rings. The number of carbonyl (C=O) groups is 1. The van der Waals surface area contributed by atoms with E-state index in [1.54, 1.807) is 25.1 Å². The van der Waals surface area contributed by atoms with Gasteiger partial charge in [0.25, 0.3) is 5.91 Å². The molecule has 2 aromatic rings. The number of hydrogen-bond acceptors (Lipinski definition) is 5. The van der Waals surface area contributed by atoms with Crippen molar-refractivity contribution in [1.29, 1.82) is 0 Å². The van der Waals surface area contributed by atoms with Crippen LogP contribution in [0.2, 0.25) is 0 Å². The number of rotatable bonds is 8. The largest absolute Gasteiger partial charge is 0.494 e. The van der Waals surface area contributed by atoms with Crippen molar-refractivity contribution in [3.8, 4) is 5.75 Å². The van der Waals surface area contributed by atoms with Crippen molar-refractivity contribution in [2.45, 2.75) is 27.3 Å². The third kappa shape index (κ3) is 5.26. The maximum absolute atomic E-state index is 14.3. The highest BCUT2D eigenvalue weighted by Crippen LogP contribution is 2.42. The Kier molecular flexibility index (Phi) is 8.58. The molecular formula is C20H27FN4O4S. The van der Waals surface area contributed by atoms with Crippen molar-refractivity contribution in [2.75, 3.05) is 30.3 Å². The van der Waals surface area contributed by atoms with E-state index in [2.05, 4.69) is 20.1 Å². The van der Waals surface area contributed by atoms with Crippen LogP contribution in [0.15, 0.2) is 24.3 Å². The lowest BCUT2D eigenvalue weighted by Crippen LogP contribution is -2.26. The van der Waals surface area contributed by atoms with Gasteiger partial charge in [-0.1, -0.05) is 19.9 Å². The molecule has 2 aromatic carbocycles. The minimum Gasteiger partial charge on any atom is -0.494 e. The second kappa shape index (κ2) is 10.9. The Balaban J connectivity index is 0.00000155. The number of aliphatic hydroxyl groups excluding tert-OH is 1. The Morgan fingerprint density at radius 3 is 2.63 bits per heavy atom. The van der Waals surface area contributed by atoms with E-state index >= 15 is 0 Å². The van der Waals surface area contributed by atoms with Crippen molar-refractivity contribution < 1.29 is 23.2 Å². The first-order valence-corrected chi connectivity index (χ1v) is 10.7. The topological polar surface area (TPSA) is 112 Å². The van der Waals surface area contributed by atoms with Gasteiger partial charge in [-0.3, -0.25) is 9.52 Å². The number of amides is 1. The lowest BCUT2D eigenvalue weighted by molar-refractivity contribution is 0.0965. The Hall–Kier alpha value is -2.69. The maximum atomic E-state index is 14.3. The molecule has 0 bridgehead atoms. The molecule has 3 rings (SSSR count). The molecule has 30 heavy (non-hydrogen) atoms. The number of carbonyl (C=O) groups excluding carboxylic acids is 1. The second-order valence-electron chi connectivity index (χ2n) is 6.14. The number of hydrogen-bond donors (Lipinski definition) is 5. The molecule has 0 saturated heterocycles. The summed E-state index contributed by atoms with van der Waals surface area (Å²) in [6, 6.07) is 6.27. The van der Waals surface area contributed by atoms with Gasteiger partial charge in [-0.25, -0.2) is 13.3 Å². The van der Waals surface area contributed by atoms with Crippen molar-refractivity contribution in [2.24, 2.45) is 0 Å². The highest BCUT2D eigenvalue weighted by molar-refractivity contribution is 7.84. The van der Waals surface area contributed by atoms with Crippen LogP contribution in [-0.4, -0.2) is 35.5 Å². The summed E-state index contributed by atoms with van der Waals surface area (Å²) in [6.45, 7) is 5.97. The van der Waals surface area contributed by atoms with Crippen LogP contribution in [-0.2, 0) is 17.7 Å². The molecule has 1 aliphatic heterocycles. The molecule has 10 heteroatoms. The Labute approximate surface area is 177 Å². The van der Waals surface area contributed by atoms with E-state index in [0.717, 1.165) is 5.56 Å². The normalized spacial score (nSPS) is 12.9. The van der Waals surface area contributed by atoms with E-state index < -0.39 is 17.0 Å². The number of aliphatic hydroxyl groups is 1. The summed E-state index contributed by atoms with van der Waals surface area (Å²) in [6.07, 6.45) is 0. The predicted octanol–water partition coefficient (Wildman–Crippen LogP) is 2.73. The highest BCUT2D eigenvalue weighted by atomic mass is 32.2. The first-order valence-electron chi connectivity index (χ1n) is 9.52. The summed E-state index contributed by atoms with van der Waals surface area (Å²) >= 11 is -1.74. The first kappa shape index (κ1) is 23.6. The van der Waals surface area contributed by atoms with Gasteiger partial charge < -0.3 is 20.5 Å². The molecule has 0 spiro atoms. The van der Waals surface area contributed by atoms with E-state index in [4.69, 9.17) is 9.84 Å². The van der Waals surface area contributed by atoms with Crippen LogP contribution in [0, 0.1) is 12.7 Å². The molecule has 5 N–H and O–H groups in total. The van der Waals surface area contributed by atoms with Crippen LogP contribution in [0.3, 0.4) is 0 Å². The van der Waals surface area contributed by atoms with Crippen molar-refractivity contribution in [3.63, 3.8) is 0 Å². The van der Waals surface area contributed by atoms with E-state index in [1.807, 2.05) is 13.8 Å². The zero-order valence-corrected chi connectivity index (χ0v) is 18.2. The van der Waals surface area contributed by atoms with Crippen LogP contribution in [0.1, 0.15) is 35.3 Å². The number of anilines is 3. The smallest absolute Gasteiger partial charge is 0.252 e. The Morgan fingerprint density at radius 1 is 1.27 bits per heavy atom. The molecule has 1 aliphatic rings. The number of halogens is 1. The lowest BCUT2D eigenvalue weighted by Gasteiger charge is -2.19. The molecule has 0 radical (unpaired) electrons. The third-order valence-electron chi connectivity index (χ3n) is 4.19. The number of methoxy groups -OCH3 is 1. The van der Waals surface area contributed by atoms with Crippen molar-refractivity contribution in [3.05, 3.63) is 46.8 Å². The molecule has 0 saturated carbocycles. The fourth-order valence-electron chi connectivity index (χ4n) is 2.90. The quantitative estimate of drug-likeness (QED) is 0.435. The zero-order valence-electron chi connectivity index (χ0n) is 17.4. The zero-order chi connectivity index (χ0) is 22.3. The molecule has 0 aromatic heterocycles. The Bertz CT molecular complexity index is 940. The van der Waals surface area contributed by atoms with Gasteiger partial charge in [0.1, 0.15) is 11.5 Å². The van der Waals surface area contributed by atoms with Crippen LogP contribution < -0.4 is 24.8 Å². The molecule has 0 aliphatic carbocycles. The fraction of sp³-hybridized carbons (Fsp3) is 0.350. The van der Waals surface area contributed by atoms with Gasteiger partial charge in [0.05, 0.1) is 30.7 Å². The minimum absolute atomic E-state index is 0.113. The van der Waals surface area contributed by atoms with Gasteiger partial charge in [-0.2, -0.15) is 0 Å².